The highest BCUT2D eigenvalue weighted by Gasteiger charge is 2.22. The lowest BCUT2D eigenvalue weighted by atomic mass is 10.0. The van der Waals surface area contributed by atoms with Gasteiger partial charge in [0.05, 0.1) is 19.1 Å². The third kappa shape index (κ3) is 6.20. The summed E-state index contributed by atoms with van der Waals surface area (Å²) in [5, 5.41) is 5.73. The first kappa shape index (κ1) is 18.8. The molecule has 0 bridgehead atoms. The highest BCUT2D eigenvalue weighted by molar-refractivity contribution is 6.02. The van der Waals surface area contributed by atoms with Crippen LogP contribution in [0, 0.1) is 0 Å². The van der Waals surface area contributed by atoms with Crippen molar-refractivity contribution >= 4 is 23.3 Å². The van der Waals surface area contributed by atoms with Crippen LogP contribution in [0.25, 0.3) is 0 Å². The number of carbonyl (C=O) groups is 3. The number of nitrogens with one attached hydrogen (secondary N) is 2. The summed E-state index contributed by atoms with van der Waals surface area (Å²) < 4.78 is 4.90. The largest absolute Gasteiger partial charge is 0.466 e. The lowest BCUT2D eigenvalue weighted by Gasteiger charge is -2.16. The minimum absolute atomic E-state index is 0.00512. The van der Waals surface area contributed by atoms with Crippen LogP contribution in [0.2, 0.25) is 0 Å². The van der Waals surface area contributed by atoms with Gasteiger partial charge in [-0.05, 0) is 37.7 Å². The molecule has 0 fully saturated rings. The fraction of sp³-hybridized carbons (Fsp3) is 0.471. The van der Waals surface area contributed by atoms with Crippen LogP contribution < -0.4 is 10.6 Å². The Morgan fingerprint density at radius 2 is 1.74 bits per heavy atom. The van der Waals surface area contributed by atoms with Crippen molar-refractivity contribution in [1.29, 1.82) is 0 Å². The van der Waals surface area contributed by atoms with Crippen molar-refractivity contribution in [2.24, 2.45) is 0 Å². The smallest absolute Gasteiger partial charge is 0.307 e. The molecule has 126 valence electrons. The van der Waals surface area contributed by atoms with Gasteiger partial charge in [-0.3, -0.25) is 14.4 Å². The van der Waals surface area contributed by atoms with Gasteiger partial charge in [-0.15, -0.1) is 0 Å². The Bertz CT molecular complexity index is 540. The van der Waals surface area contributed by atoms with E-state index in [1.54, 1.807) is 38.1 Å². The van der Waals surface area contributed by atoms with Gasteiger partial charge in [-0.25, -0.2) is 0 Å². The van der Waals surface area contributed by atoms with E-state index in [0.29, 0.717) is 24.2 Å². The Hall–Kier alpha value is -2.21. The maximum atomic E-state index is 12.5. The maximum absolute atomic E-state index is 12.5. The first-order chi connectivity index (χ1) is 11.0. The predicted octanol–water partition coefficient (Wildman–Crippen LogP) is 2.15. The number of rotatable bonds is 9. The summed E-state index contributed by atoms with van der Waals surface area (Å²) in [6.07, 6.45) is 0.386. The van der Waals surface area contributed by atoms with Crippen LogP contribution in [-0.4, -0.2) is 36.9 Å². The van der Waals surface area contributed by atoms with E-state index in [9.17, 15) is 14.4 Å². The Balaban J connectivity index is 2.79. The van der Waals surface area contributed by atoms with E-state index < -0.39 is 12.0 Å². The van der Waals surface area contributed by atoms with E-state index in [-0.39, 0.29) is 24.7 Å². The van der Waals surface area contributed by atoms with Gasteiger partial charge in [0.15, 0.2) is 5.78 Å². The highest BCUT2D eigenvalue weighted by atomic mass is 16.5. The molecule has 0 aliphatic heterocycles. The van der Waals surface area contributed by atoms with Crippen LogP contribution in [-0.2, 0) is 14.3 Å². The van der Waals surface area contributed by atoms with Gasteiger partial charge in [0.25, 0.3) is 0 Å². The van der Waals surface area contributed by atoms with E-state index in [1.807, 2.05) is 6.92 Å². The van der Waals surface area contributed by atoms with Gasteiger partial charge in [0.2, 0.25) is 5.91 Å². The molecule has 0 aromatic heterocycles. The molecule has 2 N–H and O–H groups in total. The van der Waals surface area contributed by atoms with Crippen molar-refractivity contribution in [3.63, 3.8) is 0 Å². The summed E-state index contributed by atoms with van der Waals surface area (Å²) in [5.74, 6) is -0.663. The van der Waals surface area contributed by atoms with Gasteiger partial charge in [-0.2, -0.15) is 0 Å². The fourth-order valence-electron chi connectivity index (χ4n) is 2.06. The number of esters is 1. The van der Waals surface area contributed by atoms with E-state index >= 15 is 0 Å². The first-order valence-corrected chi connectivity index (χ1v) is 7.84. The van der Waals surface area contributed by atoms with Gasteiger partial charge < -0.3 is 15.4 Å². The minimum atomic E-state index is -0.616. The zero-order valence-corrected chi connectivity index (χ0v) is 13.8. The summed E-state index contributed by atoms with van der Waals surface area (Å²) in [7, 11) is 0. The molecule has 0 aliphatic carbocycles. The van der Waals surface area contributed by atoms with Crippen LogP contribution in [0.1, 0.15) is 44.0 Å². The molecule has 1 aromatic rings. The summed E-state index contributed by atoms with van der Waals surface area (Å²) in [6.45, 7) is 6.22. The van der Waals surface area contributed by atoms with Crippen LogP contribution in [0.4, 0.5) is 5.69 Å². The molecule has 6 heteroatoms. The molecule has 0 heterocycles. The Morgan fingerprint density at radius 1 is 1.09 bits per heavy atom. The second-order valence-corrected chi connectivity index (χ2v) is 4.96. The average molecular weight is 320 g/mol. The van der Waals surface area contributed by atoms with E-state index in [2.05, 4.69) is 10.6 Å². The van der Waals surface area contributed by atoms with Crippen LogP contribution in [0.5, 0.6) is 0 Å². The minimum Gasteiger partial charge on any atom is -0.466 e. The van der Waals surface area contributed by atoms with Crippen molar-refractivity contribution in [3.05, 3.63) is 29.8 Å². The summed E-state index contributed by atoms with van der Waals surface area (Å²) in [4.78, 5) is 35.5. The zero-order valence-electron chi connectivity index (χ0n) is 13.8. The second-order valence-electron chi connectivity index (χ2n) is 4.96. The molecule has 6 nitrogen and oxygen atoms in total. The standard InChI is InChI=1S/C17H24N2O4/c1-4-15(20)19-13-9-7-12(8-10-13)17(22)14(18-5-2)11-16(21)23-6-3/h7-10,14,18H,4-6,11H2,1-3H3,(H,19,20). The van der Waals surface area contributed by atoms with Crippen molar-refractivity contribution in [1.82, 2.24) is 5.32 Å². The van der Waals surface area contributed by atoms with Crippen LogP contribution in [0.15, 0.2) is 24.3 Å². The first-order valence-electron chi connectivity index (χ1n) is 7.84. The summed E-state index contributed by atoms with van der Waals surface area (Å²) >= 11 is 0. The van der Waals surface area contributed by atoms with Crippen molar-refractivity contribution in [3.8, 4) is 0 Å². The van der Waals surface area contributed by atoms with Gasteiger partial charge in [0.1, 0.15) is 0 Å². The Kier molecular flexibility index (Phi) is 7.97. The number of ketones is 1. The molecule has 0 radical (unpaired) electrons. The third-order valence-electron chi connectivity index (χ3n) is 3.22. The Labute approximate surface area is 136 Å². The molecule has 1 aromatic carbocycles. The quantitative estimate of drug-likeness (QED) is 0.538. The van der Waals surface area contributed by atoms with E-state index in [4.69, 9.17) is 4.74 Å². The second kappa shape index (κ2) is 9.74. The van der Waals surface area contributed by atoms with Crippen LogP contribution >= 0.6 is 0 Å². The molecule has 1 atom stereocenters. The number of amides is 1. The van der Waals surface area contributed by atoms with Gasteiger partial charge >= 0.3 is 5.97 Å². The molecular formula is C17H24N2O4. The lowest BCUT2D eigenvalue weighted by molar-refractivity contribution is -0.143. The molecule has 1 unspecified atom stereocenters. The number of hydrogen-bond acceptors (Lipinski definition) is 5. The van der Waals surface area contributed by atoms with Crippen molar-refractivity contribution in [2.75, 3.05) is 18.5 Å². The number of carbonyl (C=O) groups excluding carboxylic acids is 3. The van der Waals surface area contributed by atoms with Crippen LogP contribution in [0.3, 0.4) is 0 Å². The Morgan fingerprint density at radius 3 is 2.26 bits per heavy atom. The summed E-state index contributed by atoms with van der Waals surface area (Å²) in [5.41, 5.74) is 1.12. The summed E-state index contributed by atoms with van der Waals surface area (Å²) in [6, 6.07) is 6.02. The number of anilines is 1. The number of ether oxygens (including phenoxy) is 1. The maximum Gasteiger partial charge on any atom is 0.307 e. The lowest BCUT2D eigenvalue weighted by Crippen LogP contribution is -2.39. The van der Waals surface area contributed by atoms with Crippen molar-refractivity contribution in [2.45, 2.75) is 39.7 Å². The number of benzene rings is 1. The molecule has 0 aliphatic rings. The highest BCUT2D eigenvalue weighted by Crippen LogP contribution is 2.13. The van der Waals surface area contributed by atoms with Crippen molar-refractivity contribution < 1.29 is 19.1 Å². The predicted molar refractivity (Wildman–Crippen MR) is 88.4 cm³/mol. The van der Waals surface area contributed by atoms with Gasteiger partial charge in [-0.1, -0.05) is 13.8 Å². The van der Waals surface area contributed by atoms with E-state index in [1.165, 1.54) is 0 Å². The SMILES string of the molecule is CCNC(CC(=O)OCC)C(=O)c1ccc(NC(=O)CC)cc1. The molecule has 0 spiro atoms. The number of likely N-dealkylation sites (N-methyl/N-ethyl adjacent to an activating group) is 1. The average Bonchev–Trinajstić information content (AvgIpc) is 2.54. The topological polar surface area (TPSA) is 84.5 Å². The third-order valence-corrected chi connectivity index (χ3v) is 3.22. The molecule has 1 amide bonds. The fourth-order valence-corrected chi connectivity index (χ4v) is 2.06. The molecule has 23 heavy (non-hydrogen) atoms. The molecular weight excluding hydrogens is 296 g/mol. The molecule has 0 saturated heterocycles. The normalized spacial score (nSPS) is 11.6. The number of Topliss-reactive ketones (excluding diaryl/α,β-unsaturated/α-hetero) is 1. The monoisotopic (exact) mass is 320 g/mol. The van der Waals surface area contributed by atoms with E-state index in [0.717, 1.165) is 0 Å². The van der Waals surface area contributed by atoms with Gasteiger partial charge in [0, 0.05) is 17.7 Å². The zero-order chi connectivity index (χ0) is 17.2. The molecule has 0 saturated carbocycles. The number of hydrogen-bond donors (Lipinski definition) is 2. The molecule has 1 rings (SSSR count).